The van der Waals surface area contributed by atoms with Crippen LogP contribution in [-0.2, 0) is 4.79 Å². The number of carbonyl (C=O) groups excluding carboxylic acids is 1. The zero-order valence-electron chi connectivity index (χ0n) is 10.8. The van der Waals surface area contributed by atoms with E-state index in [1.807, 2.05) is 18.2 Å². The summed E-state index contributed by atoms with van der Waals surface area (Å²) in [5.74, 6) is -0.396. The van der Waals surface area contributed by atoms with Crippen LogP contribution in [0.3, 0.4) is 0 Å². The molecule has 1 aliphatic heterocycles. The van der Waals surface area contributed by atoms with Crippen molar-refractivity contribution in [2.24, 2.45) is 11.7 Å². The zero-order valence-corrected chi connectivity index (χ0v) is 12.4. The van der Waals surface area contributed by atoms with Gasteiger partial charge in [0, 0.05) is 17.1 Å². The highest BCUT2D eigenvalue weighted by Gasteiger charge is 2.30. The van der Waals surface area contributed by atoms with Crippen LogP contribution in [0.15, 0.2) is 22.7 Å². The summed E-state index contributed by atoms with van der Waals surface area (Å²) in [6, 6.07) is 8.20. The predicted molar refractivity (Wildman–Crippen MR) is 77.6 cm³/mol. The highest BCUT2D eigenvalue weighted by molar-refractivity contribution is 9.10. The highest BCUT2D eigenvalue weighted by atomic mass is 79.9. The number of nitrogens with two attached hydrogens (primary N) is 1. The SMILES string of the molecule is CC1CCC(C(N)=O)CN1c1cccc(Br)c1C#N. The van der Waals surface area contributed by atoms with E-state index in [0.29, 0.717) is 18.2 Å². The number of carbonyl (C=O) groups is 1. The monoisotopic (exact) mass is 321 g/mol. The van der Waals surface area contributed by atoms with Crippen molar-refractivity contribution in [2.75, 3.05) is 11.4 Å². The normalized spacial score (nSPS) is 22.9. The summed E-state index contributed by atoms with van der Waals surface area (Å²) in [5, 5.41) is 9.29. The standard InChI is InChI=1S/C14H16BrN3O/c1-9-5-6-10(14(17)19)8-18(9)13-4-2-3-12(15)11(13)7-16/h2-4,9-10H,5-6,8H2,1H3,(H2,17,19). The van der Waals surface area contributed by atoms with Crippen molar-refractivity contribution in [3.8, 4) is 6.07 Å². The van der Waals surface area contributed by atoms with E-state index in [1.165, 1.54) is 0 Å². The Morgan fingerprint density at radius 1 is 1.53 bits per heavy atom. The second-order valence-electron chi connectivity index (χ2n) is 4.92. The lowest BCUT2D eigenvalue weighted by Gasteiger charge is -2.39. The molecule has 1 amide bonds. The molecule has 1 aliphatic rings. The summed E-state index contributed by atoms with van der Waals surface area (Å²) in [6.45, 7) is 2.70. The van der Waals surface area contributed by atoms with Crippen LogP contribution >= 0.6 is 15.9 Å². The van der Waals surface area contributed by atoms with E-state index in [1.54, 1.807) is 0 Å². The molecule has 0 bridgehead atoms. The Labute approximate surface area is 121 Å². The second kappa shape index (κ2) is 5.62. The first-order valence-electron chi connectivity index (χ1n) is 6.29. The van der Waals surface area contributed by atoms with Crippen molar-refractivity contribution in [3.05, 3.63) is 28.2 Å². The first-order chi connectivity index (χ1) is 9.04. The Morgan fingerprint density at radius 3 is 2.89 bits per heavy atom. The van der Waals surface area contributed by atoms with E-state index in [-0.39, 0.29) is 11.8 Å². The number of hydrogen-bond donors (Lipinski definition) is 1. The molecule has 2 rings (SSSR count). The van der Waals surface area contributed by atoms with Crippen LogP contribution < -0.4 is 10.6 Å². The van der Waals surface area contributed by atoms with Gasteiger partial charge in [-0.2, -0.15) is 5.26 Å². The van der Waals surface area contributed by atoms with E-state index in [0.717, 1.165) is 23.0 Å². The van der Waals surface area contributed by atoms with Gasteiger partial charge in [-0.05, 0) is 47.8 Å². The fourth-order valence-electron chi connectivity index (χ4n) is 2.54. The number of primary amides is 1. The highest BCUT2D eigenvalue weighted by Crippen LogP contribution is 2.33. The third-order valence-electron chi connectivity index (χ3n) is 3.70. The molecule has 19 heavy (non-hydrogen) atoms. The molecule has 100 valence electrons. The zero-order chi connectivity index (χ0) is 14.0. The molecule has 2 N–H and O–H groups in total. The Kier molecular flexibility index (Phi) is 4.11. The van der Waals surface area contributed by atoms with Crippen LogP contribution in [-0.4, -0.2) is 18.5 Å². The summed E-state index contributed by atoms with van der Waals surface area (Å²) in [7, 11) is 0. The average Bonchev–Trinajstić information content (AvgIpc) is 2.38. The number of nitrogens with zero attached hydrogens (tertiary/aromatic N) is 2. The lowest BCUT2D eigenvalue weighted by molar-refractivity contribution is -0.122. The van der Waals surface area contributed by atoms with Gasteiger partial charge in [-0.1, -0.05) is 6.07 Å². The van der Waals surface area contributed by atoms with Crippen LogP contribution in [0.1, 0.15) is 25.3 Å². The molecular formula is C14H16BrN3O. The van der Waals surface area contributed by atoms with Gasteiger partial charge < -0.3 is 10.6 Å². The average molecular weight is 322 g/mol. The van der Waals surface area contributed by atoms with Crippen molar-refractivity contribution >= 4 is 27.5 Å². The molecule has 0 spiro atoms. The molecule has 1 heterocycles. The summed E-state index contributed by atoms with van der Waals surface area (Å²) in [6.07, 6.45) is 1.73. The topological polar surface area (TPSA) is 70.1 Å². The smallest absolute Gasteiger partial charge is 0.222 e. The Bertz CT molecular complexity index is 538. The molecule has 0 aliphatic carbocycles. The largest absolute Gasteiger partial charge is 0.369 e. The van der Waals surface area contributed by atoms with Crippen molar-refractivity contribution in [2.45, 2.75) is 25.8 Å². The van der Waals surface area contributed by atoms with Gasteiger partial charge in [0.2, 0.25) is 5.91 Å². The quantitative estimate of drug-likeness (QED) is 0.909. The maximum atomic E-state index is 11.4. The van der Waals surface area contributed by atoms with Gasteiger partial charge in [0.05, 0.1) is 17.2 Å². The van der Waals surface area contributed by atoms with E-state index in [2.05, 4.69) is 33.8 Å². The van der Waals surface area contributed by atoms with E-state index < -0.39 is 0 Å². The van der Waals surface area contributed by atoms with Crippen molar-refractivity contribution in [3.63, 3.8) is 0 Å². The number of rotatable bonds is 2. The first-order valence-corrected chi connectivity index (χ1v) is 7.08. The first kappa shape index (κ1) is 13.9. The van der Waals surface area contributed by atoms with E-state index in [9.17, 15) is 10.1 Å². The number of amides is 1. The van der Waals surface area contributed by atoms with Crippen LogP contribution in [0.2, 0.25) is 0 Å². The number of hydrogen-bond acceptors (Lipinski definition) is 3. The van der Waals surface area contributed by atoms with E-state index >= 15 is 0 Å². The maximum absolute atomic E-state index is 11.4. The third-order valence-corrected chi connectivity index (χ3v) is 4.36. The minimum Gasteiger partial charge on any atom is -0.369 e. The molecule has 4 nitrogen and oxygen atoms in total. The molecule has 1 saturated heterocycles. The van der Waals surface area contributed by atoms with Gasteiger partial charge >= 0.3 is 0 Å². The Balaban J connectivity index is 2.37. The molecule has 0 aromatic heterocycles. The third kappa shape index (κ3) is 2.74. The fourth-order valence-corrected chi connectivity index (χ4v) is 2.98. The van der Waals surface area contributed by atoms with Crippen LogP contribution in [0.5, 0.6) is 0 Å². The predicted octanol–water partition coefficient (Wildman–Crippen LogP) is 2.41. The molecule has 1 aromatic carbocycles. The van der Waals surface area contributed by atoms with Crippen molar-refractivity contribution in [1.82, 2.24) is 0 Å². The van der Waals surface area contributed by atoms with Crippen molar-refractivity contribution < 1.29 is 4.79 Å². The molecule has 2 atom stereocenters. The van der Waals surface area contributed by atoms with Gasteiger partial charge in [0.25, 0.3) is 0 Å². The molecule has 2 unspecified atom stereocenters. The molecule has 1 aromatic rings. The van der Waals surface area contributed by atoms with Gasteiger partial charge in [-0.25, -0.2) is 0 Å². The van der Waals surface area contributed by atoms with Gasteiger partial charge in [-0.3, -0.25) is 4.79 Å². The van der Waals surface area contributed by atoms with Crippen molar-refractivity contribution in [1.29, 1.82) is 5.26 Å². The summed E-state index contributed by atoms with van der Waals surface area (Å²) < 4.78 is 0.779. The van der Waals surface area contributed by atoms with Crippen LogP contribution in [0, 0.1) is 17.2 Å². The number of halogens is 1. The number of anilines is 1. The minimum absolute atomic E-state index is 0.137. The number of nitriles is 1. The van der Waals surface area contributed by atoms with Crippen LogP contribution in [0.4, 0.5) is 5.69 Å². The van der Waals surface area contributed by atoms with Gasteiger partial charge in [0.15, 0.2) is 0 Å². The van der Waals surface area contributed by atoms with E-state index in [4.69, 9.17) is 5.73 Å². The molecule has 5 heteroatoms. The molecule has 0 saturated carbocycles. The lowest BCUT2D eigenvalue weighted by Crippen LogP contribution is -2.46. The van der Waals surface area contributed by atoms with Gasteiger partial charge in [0.1, 0.15) is 6.07 Å². The maximum Gasteiger partial charge on any atom is 0.222 e. The lowest BCUT2D eigenvalue weighted by atomic mass is 9.92. The molecule has 1 fully saturated rings. The minimum atomic E-state index is -0.259. The van der Waals surface area contributed by atoms with Crippen LogP contribution in [0.25, 0.3) is 0 Å². The Morgan fingerprint density at radius 2 is 2.26 bits per heavy atom. The Hall–Kier alpha value is -1.54. The number of benzene rings is 1. The van der Waals surface area contributed by atoms with Gasteiger partial charge in [-0.15, -0.1) is 0 Å². The fraction of sp³-hybridized carbons (Fsp3) is 0.429. The summed E-state index contributed by atoms with van der Waals surface area (Å²) in [4.78, 5) is 13.5. The molecular weight excluding hydrogens is 306 g/mol. The summed E-state index contributed by atoms with van der Waals surface area (Å²) >= 11 is 3.40. The second-order valence-corrected chi connectivity index (χ2v) is 5.78. The number of piperidine rings is 1. The molecule has 0 radical (unpaired) electrons. The summed E-state index contributed by atoms with van der Waals surface area (Å²) in [5.41, 5.74) is 6.89.